The molecule has 0 bridgehead atoms. The lowest BCUT2D eigenvalue weighted by Crippen LogP contribution is -1.83. The van der Waals surface area contributed by atoms with Gasteiger partial charge in [-0.15, -0.1) is 0 Å². The maximum absolute atomic E-state index is 9.51. The molecule has 0 saturated heterocycles. The van der Waals surface area contributed by atoms with E-state index < -0.39 is 5.97 Å². The number of hydrogen-bond acceptors (Lipinski definition) is 2. The molecule has 1 aromatic rings. The van der Waals surface area contributed by atoms with Gasteiger partial charge in [-0.2, -0.15) is 0 Å². The molecule has 3 nitrogen and oxygen atoms in total. The van der Waals surface area contributed by atoms with E-state index in [0.29, 0.717) is 0 Å². The van der Waals surface area contributed by atoms with Crippen LogP contribution < -0.4 is 0 Å². The highest BCUT2D eigenvalue weighted by atomic mass is 16.4. The Labute approximate surface area is 83.4 Å². The van der Waals surface area contributed by atoms with Crippen LogP contribution in [0.25, 0.3) is 6.08 Å². The summed E-state index contributed by atoms with van der Waals surface area (Å²) in [5, 5.41) is 7.83. The first kappa shape index (κ1) is 12.1. The highest BCUT2D eigenvalue weighted by Gasteiger charge is 1.77. The van der Waals surface area contributed by atoms with Crippen molar-refractivity contribution < 1.29 is 9.90 Å². The van der Waals surface area contributed by atoms with E-state index in [1.54, 1.807) is 19.2 Å². The fraction of sp³-hybridized carbons (Fsp3) is 0.0909. The standard InChI is InChI=1S/C7H7N.C4H6O2/c1-2-7-5-3-4-6-8-7;1-2-3-4(5)6/h2-6H,1H2;2-3H,1H3,(H,5,6). The van der Waals surface area contributed by atoms with Gasteiger partial charge >= 0.3 is 5.97 Å². The maximum Gasteiger partial charge on any atom is 0.327 e. The molecule has 0 atom stereocenters. The molecule has 3 heteroatoms. The number of carbonyl (C=O) groups is 1. The average Bonchev–Trinajstić information content (AvgIpc) is 2.20. The van der Waals surface area contributed by atoms with Crippen molar-refractivity contribution in [1.29, 1.82) is 0 Å². The van der Waals surface area contributed by atoms with Crippen LogP contribution in [0.2, 0.25) is 0 Å². The van der Waals surface area contributed by atoms with Gasteiger partial charge < -0.3 is 5.11 Å². The molecule has 0 amide bonds. The van der Waals surface area contributed by atoms with E-state index in [1.807, 2.05) is 18.2 Å². The Balaban J connectivity index is 0.000000255. The van der Waals surface area contributed by atoms with Gasteiger partial charge in [0.2, 0.25) is 0 Å². The molecule has 74 valence electrons. The Morgan fingerprint density at radius 2 is 2.29 bits per heavy atom. The molecule has 14 heavy (non-hydrogen) atoms. The van der Waals surface area contributed by atoms with Crippen LogP contribution in [0.4, 0.5) is 0 Å². The monoisotopic (exact) mass is 191 g/mol. The smallest absolute Gasteiger partial charge is 0.327 e. The quantitative estimate of drug-likeness (QED) is 0.730. The zero-order chi connectivity index (χ0) is 10.8. The van der Waals surface area contributed by atoms with Crippen molar-refractivity contribution in [2.24, 2.45) is 0 Å². The summed E-state index contributed by atoms with van der Waals surface area (Å²) in [6, 6.07) is 5.73. The number of aliphatic carboxylic acids is 1. The lowest BCUT2D eigenvalue weighted by atomic mass is 10.4. The Morgan fingerprint density at radius 3 is 2.50 bits per heavy atom. The molecule has 0 unspecified atom stereocenters. The predicted octanol–water partition coefficient (Wildman–Crippen LogP) is 2.37. The van der Waals surface area contributed by atoms with E-state index in [2.05, 4.69) is 11.6 Å². The van der Waals surface area contributed by atoms with Gasteiger partial charge in [0.1, 0.15) is 0 Å². The summed E-state index contributed by atoms with van der Waals surface area (Å²) >= 11 is 0. The molecule has 0 spiro atoms. The van der Waals surface area contributed by atoms with Crippen LogP contribution in [0.1, 0.15) is 12.6 Å². The van der Waals surface area contributed by atoms with Crippen molar-refractivity contribution in [3.05, 3.63) is 48.8 Å². The van der Waals surface area contributed by atoms with Gasteiger partial charge in [-0.05, 0) is 25.1 Å². The van der Waals surface area contributed by atoms with E-state index in [4.69, 9.17) is 5.11 Å². The second-order valence-electron chi connectivity index (χ2n) is 2.30. The van der Waals surface area contributed by atoms with Gasteiger partial charge in [-0.3, -0.25) is 4.98 Å². The van der Waals surface area contributed by atoms with E-state index in [0.717, 1.165) is 11.8 Å². The molecule has 0 aromatic carbocycles. The molecule has 0 aliphatic heterocycles. The third-order valence-electron chi connectivity index (χ3n) is 1.21. The van der Waals surface area contributed by atoms with E-state index in [9.17, 15) is 4.79 Å². The maximum atomic E-state index is 9.51. The van der Waals surface area contributed by atoms with Crippen LogP contribution in [-0.2, 0) is 4.79 Å². The first-order chi connectivity index (χ1) is 6.70. The van der Waals surface area contributed by atoms with Gasteiger partial charge in [0.15, 0.2) is 0 Å². The Hall–Kier alpha value is -1.90. The topological polar surface area (TPSA) is 50.2 Å². The summed E-state index contributed by atoms with van der Waals surface area (Å²) in [5.74, 6) is -0.891. The van der Waals surface area contributed by atoms with Crippen molar-refractivity contribution in [2.75, 3.05) is 0 Å². The predicted molar refractivity (Wildman–Crippen MR) is 56.8 cm³/mol. The summed E-state index contributed by atoms with van der Waals surface area (Å²) < 4.78 is 0. The van der Waals surface area contributed by atoms with Gasteiger partial charge in [0, 0.05) is 12.3 Å². The first-order valence-electron chi connectivity index (χ1n) is 4.09. The number of hydrogen-bond donors (Lipinski definition) is 1. The van der Waals surface area contributed by atoms with Crippen LogP contribution in [-0.4, -0.2) is 16.1 Å². The molecule has 1 heterocycles. The zero-order valence-corrected chi connectivity index (χ0v) is 8.05. The minimum absolute atomic E-state index is 0.891. The summed E-state index contributed by atoms with van der Waals surface area (Å²) in [6.07, 6.45) is 6.03. The lowest BCUT2D eigenvalue weighted by Gasteiger charge is -1.84. The molecular weight excluding hydrogens is 178 g/mol. The molecule has 1 rings (SSSR count). The second kappa shape index (κ2) is 7.73. The number of rotatable bonds is 2. The van der Waals surface area contributed by atoms with Crippen LogP contribution in [0.3, 0.4) is 0 Å². The van der Waals surface area contributed by atoms with E-state index >= 15 is 0 Å². The van der Waals surface area contributed by atoms with Crippen LogP contribution in [0, 0.1) is 0 Å². The van der Waals surface area contributed by atoms with Gasteiger partial charge in [0.25, 0.3) is 0 Å². The second-order valence-corrected chi connectivity index (χ2v) is 2.30. The number of carboxylic acids is 1. The van der Waals surface area contributed by atoms with E-state index in [1.165, 1.54) is 6.08 Å². The summed E-state index contributed by atoms with van der Waals surface area (Å²) in [5.41, 5.74) is 0.924. The molecule has 0 radical (unpaired) electrons. The molecule has 0 saturated carbocycles. The highest BCUT2D eigenvalue weighted by Crippen LogP contribution is 1.91. The molecule has 1 aromatic heterocycles. The Morgan fingerprint density at radius 1 is 1.57 bits per heavy atom. The first-order valence-corrected chi connectivity index (χ1v) is 4.09. The fourth-order valence-corrected chi connectivity index (χ4v) is 0.639. The van der Waals surface area contributed by atoms with Crippen molar-refractivity contribution in [2.45, 2.75) is 6.92 Å². The number of aromatic nitrogens is 1. The average molecular weight is 191 g/mol. The van der Waals surface area contributed by atoms with Crippen LogP contribution in [0.15, 0.2) is 43.1 Å². The summed E-state index contributed by atoms with van der Waals surface area (Å²) in [7, 11) is 0. The van der Waals surface area contributed by atoms with Gasteiger partial charge in [-0.25, -0.2) is 4.79 Å². The van der Waals surface area contributed by atoms with Crippen LogP contribution >= 0.6 is 0 Å². The van der Waals surface area contributed by atoms with Crippen molar-refractivity contribution in [3.63, 3.8) is 0 Å². The highest BCUT2D eigenvalue weighted by molar-refractivity contribution is 5.79. The van der Waals surface area contributed by atoms with Crippen molar-refractivity contribution >= 4 is 12.0 Å². The number of nitrogens with zero attached hydrogens (tertiary/aromatic N) is 1. The van der Waals surface area contributed by atoms with Crippen LogP contribution in [0.5, 0.6) is 0 Å². The summed E-state index contributed by atoms with van der Waals surface area (Å²) in [4.78, 5) is 13.5. The Kier molecular flexibility index (Phi) is 6.68. The minimum atomic E-state index is -0.891. The molecule has 0 fully saturated rings. The molecule has 0 aliphatic rings. The van der Waals surface area contributed by atoms with Gasteiger partial charge in [0.05, 0.1) is 5.69 Å². The molecular formula is C11H13NO2. The third kappa shape index (κ3) is 6.79. The SMILES string of the molecule is C=Cc1ccccn1.CC=CC(=O)O. The zero-order valence-electron chi connectivity index (χ0n) is 8.05. The lowest BCUT2D eigenvalue weighted by molar-refractivity contribution is -0.131. The number of pyridine rings is 1. The fourth-order valence-electron chi connectivity index (χ4n) is 0.639. The number of carboxylic acid groups (broad SMARTS) is 1. The third-order valence-corrected chi connectivity index (χ3v) is 1.21. The van der Waals surface area contributed by atoms with Gasteiger partial charge in [-0.1, -0.05) is 18.7 Å². The number of allylic oxidation sites excluding steroid dienone is 1. The molecule has 0 aliphatic carbocycles. The van der Waals surface area contributed by atoms with E-state index in [-0.39, 0.29) is 0 Å². The van der Waals surface area contributed by atoms with Crippen molar-refractivity contribution in [3.8, 4) is 0 Å². The van der Waals surface area contributed by atoms with Crippen molar-refractivity contribution in [1.82, 2.24) is 4.98 Å². The Bertz CT molecular complexity index is 304. The molecule has 1 N–H and O–H groups in total. The summed E-state index contributed by atoms with van der Waals surface area (Å²) in [6.45, 7) is 5.23. The largest absolute Gasteiger partial charge is 0.478 e. The normalized spacial score (nSPS) is 8.93. The minimum Gasteiger partial charge on any atom is -0.478 e.